The first-order valence-corrected chi connectivity index (χ1v) is 6.14. The SMILES string of the molecule is CCCC(C)NC1=NCC(C)CS1. The zero-order valence-electron chi connectivity index (χ0n) is 8.84. The van der Waals surface area contributed by atoms with Crippen LogP contribution < -0.4 is 5.32 Å². The van der Waals surface area contributed by atoms with Gasteiger partial charge < -0.3 is 5.32 Å². The lowest BCUT2D eigenvalue weighted by Gasteiger charge is -2.21. The standard InChI is InChI=1S/C10H20N2S/c1-4-5-9(3)12-10-11-6-8(2)7-13-10/h8-9H,4-7H2,1-3H3,(H,11,12). The van der Waals surface area contributed by atoms with Gasteiger partial charge in [-0.1, -0.05) is 32.0 Å². The highest BCUT2D eigenvalue weighted by atomic mass is 32.2. The predicted octanol–water partition coefficient (Wildman–Crippen LogP) is 2.50. The Morgan fingerprint density at radius 3 is 3.00 bits per heavy atom. The molecule has 3 heteroatoms. The predicted molar refractivity (Wildman–Crippen MR) is 61.4 cm³/mol. The van der Waals surface area contributed by atoms with Crippen LogP contribution in [0.25, 0.3) is 0 Å². The third kappa shape index (κ3) is 4.03. The summed E-state index contributed by atoms with van der Waals surface area (Å²) in [5, 5.41) is 4.61. The maximum atomic E-state index is 4.50. The highest BCUT2D eigenvalue weighted by molar-refractivity contribution is 8.13. The summed E-state index contributed by atoms with van der Waals surface area (Å²) >= 11 is 1.86. The molecule has 13 heavy (non-hydrogen) atoms. The van der Waals surface area contributed by atoms with Crippen molar-refractivity contribution in [3.63, 3.8) is 0 Å². The van der Waals surface area contributed by atoms with Crippen LogP contribution in [0.1, 0.15) is 33.6 Å². The van der Waals surface area contributed by atoms with Crippen molar-refractivity contribution < 1.29 is 0 Å². The van der Waals surface area contributed by atoms with Gasteiger partial charge in [0.2, 0.25) is 0 Å². The Labute approximate surface area is 85.6 Å². The highest BCUT2D eigenvalue weighted by Crippen LogP contribution is 2.16. The van der Waals surface area contributed by atoms with E-state index >= 15 is 0 Å². The summed E-state index contributed by atoms with van der Waals surface area (Å²) in [6, 6.07) is 0.574. The van der Waals surface area contributed by atoms with Crippen molar-refractivity contribution in [2.24, 2.45) is 10.9 Å². The van der Waals surface area contributed by atoms with E-state index in [0.29, 0.717) is 6.04 Å². The Morgan fingerprint density at radius 1 is 1.69 bits per heavy atom. The van der Waals surface area contributed by atoms with Gasteiger partial charge in [-0.05, 0) is 19.3 Å². The molecule has 2 atom stereocenters. The van der Waals surface area contributed by atoms with Gasteiger partial charge in [-0.25, -0.2) is 0 Å². The van der Waals surface area contributed by atoms with Gasteiger partial charge in [-0.3, -0.25) is 4.99 Å². The van der Waals surface area contributed by atoms with Crippen LogP contribution in [0.4, 0.5) is 0 Å². The Kier molecular flexibility index (Phi) is 4.64. The third-order valence-electron chi connectivity index (χ3n) is 2.14. The molecule has 1 aliphatic heterocycles. The smallest absolute Gasteiger partial charge is 0.156 e. The lowest BCUT2D eigenvalue weighted by atomic mass is 10.2. The number of aliphatic imine (C=N–C) groups is 1. The van der Waals surface area contributed by atoms with Crippen LogP contribution in [-0.4, -0.2) is 23.5 Å². The topological polar surface area (TPSA) is 24.4 Å². The fourth-order valence-electron chi connectivity index (χ4n) is 1.36. The van der Waals surface area contributed by atoms with Crippen molar-refractivity contribution in [2.45, 2.75) is 39.7 Å². The minimum absolute atomic E-state index is 0.574. The molecule has 1 N–H and O–H groups in total. The van der Waals surface area contributed by atoms with E-state index in [4.69, 9.17) is 0 Å². The molecule has 0 aromatic rings. The Balaban J connectivity index is 2.28. The average Bonchev–Trinajstić information content (AvgIpc) is 2.09. The van der Waals surface area contributed by atoms with Gasteiger partial charge >= 0.3 is 0 Å². The number of rotatable bonds is 3. The monoisotopic (exact) mass is 200 g/mol. The second-order valence-electron chi connectivity index (χ2n) is 3.90. The van der Waals surface area contributed by atoms with Gasteiger partial charge in [0.25, 0.3) is 0 Å². The lowest BCUT2D eigenvalue weighted by Crippen LogP contribution is -2.33. The van der Waals surface area contributed by atoms with E-state index in [0.717, 1.165) is 17.6 Å². The first-order valence-electron chi connectivity index (χ1n) is 5.16. The molecule has 0 spiro atoms. The van der Waals surface area contributed by atoms with Crippen molar-refractivity contribution in [3.8, 4) is 0 Å². The van der Waals surface area contributed by atoms with Gasteiger partial charge in [0, 0.05) is 18.3 Å². The molecule has 0 fully saturated rings. The summed E-state index contributed by atoms with van der Waals surface area (Å²) in [5.74, 6) is 1.96. The van der Waals surface area contributed by atoms with Gasteiger partial charge in [0.05, 0.1) is 0 Å². The fourth-order valence-corrected chi connectivity index (χ4v) is 2.36. The van der Waals surface area contributed by atoms with Crippen LogP contribution in [0.2, 0.25) is 0 Å². The number of thioether (sulfide) groups is 1. The van der Waals surface area contributed by atoms with Crippen LogP contribution in [0.3, 0.4) is 0 Å². The quantitative estimate of drug-likeness (QED) is 0.757. The van der Waals surface area contributed by atoms with Crippen LogP contribution >= 0.6 is 11.8 Å². The Bertz CT molecular complexity index is 180. The maximum absolute atomic E-state index is 4.50. The number of hydrogen-bond donors (Lipinski definition) is 1. The molecule has 0 aliphatic carbocycles. The van der Waals surface area contributed by atoms with Crippen LogP contribution in [0.15, 0.2) is 4.99 Å². The van der Waals surface area contributed by atoms with Crippen molar-refractivity contribution in [1.82, 2.24) is 5.32 Å². The van der Waals surface area contributed by atoms with E-state index in [-0.39, 0.29) is 0 Å². The highest BCUT2D eigenvalue weighted by Gasteiger charge is 2.13. The van der Waals surface area contributed by atoms with Crippen LogP contribution in [0, 0.1) is 5.92 Å². The molecule has 0 saturated heterocycles. The molecular weight excluding hydrogens is 180 g/mol. The number of nitrogens with one attached hydrogen (secondary N) is 1. The summed E-state index contributed by atoms with van der Waals surface area (Å²) in [7, 11) is 0. The summed E-state index contributed by atoms with van der Waals surface area (Å²) in [5.41, 5.74) is 0. The largest absolute Gasteiger partial charge is 0.362 e. The van der Waals surface area contributed by atoms with Gasteiger partial charge in [-0.15, -0.1) is 0 Å². The zero-order valence-corrected chi connectivity index (χ0v) is 9.66. The molecule has 0 bridgehead atoms. The van der Waals surface area contributed by atoms with Crippen LogP contribution in [0.5, 0.6) is 0 Å². The van der Waals surface area contributed by atoms with Crippen molar-refractivity contribution in [2.75, 3.05) is 12.3 Å². The summed E-state index contributed by atoms with van der Waals surface area (Å²) in [4.78, 5) is 4.50. The normalized spacial score (nSPS) is 25.2. The summed E-state index contributed by atoms with van der Waals surface area (Å²) < 4.78 is 0. The molecule has 1 rings (SSSR count). The fraction of sp³-hybridized carbons (Fsp3) is 0.900. The number of amidine groups is 1. The van der Waals surface area contributed by atoms with E-state index in [1.165, 1.54) is 18.6 Å². The van der Waals surface area contributed by atoms with E-state index in [2.05, 4.69) is 31.1 Å². The molecule has 2 nitrogen and oxygen atoms in total. The van der Waals surface area contributed by atoms with Crippen LogP contribution in [-0.2, 0) is 0 Å². The van der Waals surface area contributed by atoms with Crippen molar-refractivity contribution >= 4 is 16.9 Å². The number of nitrogens with zero attached hydrogens (tertiary/aromatic N) is 1. The van der Waals surface area contributed by atoms with Gasteiger partial charge in [0.1, 0.15) is 0 Å². The first kappa shape index (κ1) is 10.9. The molecular formula is C10H20N2S. The third-order valence-corrected chi connectivity index (χ3v) is 3.40. The molecule has 1 heterocycles. The lowest BCUT2D eigenvalue weighted by molar-refractivity contribution is 0.593. The molecule has 0 aromatic heterocycles. The van der Waals surface area contributed by atoms with Gasteiger partial charge in [-0.2, -0.15) is 0 Å². The van der Waals surface area contributed by atoms with Gasteiger partial charge in [0.15, 0.2) is 5.17 Å². The van der Waals surface area contributed by atoms with E-state index < -0.39 is 0 Å². The Hall–Kier alpha value is -0.180. The average molecular weight is 200 g/mol. The minimum atomic E-state index is 0.574. The molecule has 76 valence electrons. The summed E-state index contributed by atoms with van der Waals surface area (Å²) in [6.45, 7) is 7.69. The minimum Gasteiger partial charge on any atom is -0.362 e. The molecule has 0 amide bonds. The van der Waals surface area contributed by atoms with E-state index in [9.17, 15) is 0 Å². The second-order valence-corrected chi connectivity index (χ2v) is 4.90. The summed E-state index contributed by atoms with van der Waals surface area (Å²) in [6.07, 6.45) is 2.47. The van der Waals surface area contributed by atoms with E-state index in [1.54, 1.807) is 0 Å². The second kappa shape index (κ2) is 5.53. The number of hydrogen-bond acceptors (Lipinski definition) is 3. The molecule has 1 aliphatic rings. The first-order chi connectivity index (χ1) is 6.22. The maximum Gasteiger partial charge on any atom is 0.156 e. The molecule has 0 radical (unpaired) electrons. The van der Waals surface area contributed by atoms with E-state index in [1.807, 2.05) is 11.8 Å². The Morgan fingerprint density at radius 2 is 2.46 bits per heavy atom. The zero-order chi connectivity index (χ0) is 9.68. The molecule has 0 aromatic carbocycles. The van der Waals surface area contributed by atoms with Crippen molar-refractivity contribution in [3.05, 3.63) is 0 Å². The molecule has 0 saturated carbocycles. The van der Waals surface area contributed by atoms with Crippen molar-refractivity contribution in [1.29, 1.82) is 0 Å². The molecule has 2 unspecified atom stereocenters.